The molecule has 0 spiro atoms. The first-order chi connectivity index (χ1) is 14.0. The largest absolute Gasteiger partial charge is 0.466 e. The van der Waals surface area contributed by atoms with Gasteiger partial charge in [0.1, 0.15) is 6.04 Å². The van der Waals surface area contributed by atoms with Crippen LogP contribution < -0.4 is 5.32 Å². The molecule has 0 heterocycles. The molecule has 1 rings (SSSR count). The molecule has 2 N–H and O–H groups in total. The highest BCUT2D eigenvalue weighted by atomic mass is 16.5. The highest BCUT2D eigenvalue weighted by molar-refractivity contribution is 5.76. The van der Waals surface area contributed by atoms with Gasteiger partial charge in [-0.15, -0.1) is 0 Å². The van der Waals surface area contributed by atoms with E-state index in [9.17, 15) is 14.7 Å². The van der Waals surface area contributed by atoms with Crippen molar-refractivity contribution < 1.29 is 24.2 Å². The van der Waals surface area contributed by atoms with Crippen molar-refractivity contribution in [1.29, 1.82) is 0 Å². The Morgan fingerprint density at radius 1 is 1.10 bits per heavy atom. The van der Waals surface area contributed by atoms with E-state index < -0.39 is 6.04 Å². The fourth-order valence-electron chi connectivity index (χ4n) is 3.77. The third kappa shape index (κ3) is 11.4. The van der Waals surface area contributed by atoms with Crippen LogP contribution in [0.4, 0.5) is 0 Å². The van der Waals surface area contributed by atoms with Crippen LogP contribution in [0, 0.1) is 11.8 Å². The third-order valence-corrected chi connectivity index (χ3v) is 5.60. The number of hydrogen-bond acceptors (Lipinski definition) is 6. The zero-order valence-electron chi connectivity index (χ0n) is 18.5. The molecule has 0 aromatic carbocycles. The summed E-state index contributed by atoms with van der Waals surface area (Å²) in [6, 6.07) is -0.408. The fraction of sp³-hybridized carbons (Fsp3) is 0.826. The van der Waals surface area contributed by atoms with Gasteiger partial charge >= 0.3 is 11.9 Å². The SMILES string of the molecule is CCOC(=O)CCCC=CCC(NCCC(O)C1CCC(C)CC1)C(=O)OCC. The van der Waals surface area contributed by atoms with Crippen molar-refractivity contribution in [1.82, 2.24) is 5.32 Å². The number of rotatable bonds is 14. The van der Waals surface area contributed by atoms with Gasteiger partial charge in [0.15, 0.2) is 0 Å². The first-order valence-electron chi connectivity index (χ1n) is 11.4. The second kappa shape index (κ2) is 15.4. The van der Waals surface area contributed by atoms with Crippen LogP contribution in [0.3, 0.4) is 0 Å². The lowest BCUT2D eigenvalue weighted by molar-refractivity contribution is -0.145. The molecule has 1 fully saturated rings. The minimum atomic E-state index is -0.408. The van der Waals surface area contributed by atoms with E-state index in [1.807, 2.05) is 12.2 Å². The summed E-state index contributed by atoms with van der Waals surface area (Å²) in [5, 5.41) is 13.7. The van der Waals surface area contributed by atoms with Crippen molar-refractivity contribution in [3.8, 4) is 0 Å². The van der Waals surface area contributed by atoms with Gasteiger partial charge in [-0.1, -0.05) is 31.9 Å². The number of unbranched alkanes of at least 4 members (excludes halogenated alkanes) is 1. The minimum Gasteiger partial charge on any atom is -0.466 e. The molecule has 0 saturated heterocycles. The molecule has 1 aliphatic carbocycles. The van der Waals surface area contributed by atoms with Crippen molar-refractivity contribution >= 4 is 11.9 Å². The maximum Gasteiger partial charge on any atom is 0.323 e. The molecule has 0 aromatic rings. The lowest BCUT2D eigenvalue weighted by Crippen LogP contribution is -2.40. The fourth-order valence-corrected chi connectivity index (χ4v) is 3.77. The molecule has 0 aliphatic heterocycles. The van der Waals surface area contributed by atoms with E-state index in [2.05, 4.69) is 12.2 Å². The molecule has 2 atom stereocenters. The lowest BCUT2D eigenvalue weighted by atomic mass is 9.79. The molecule has 29 heavy (non-hydrogen) atoms. The summed E-state index contributed by atoms with van der Waals surface area (Å²) in [5.41, 5.74) is 0. The van der Waals surface area contributed by atoms with Crippen LogP contribution in [0.5, 0.6) is 0 Å². The van der Waals surface area contributed by atoms with Crippen molar-refractivity contribution in [3.63, 3.8) is 0 Å². The van der Waals surface area contributed by atoms with E-state index in [0.717, 1.165) is 31.6 Å². The predicted molar refractivity (Wildman–Crippen MR) is 114 cm³/mol. The second-order valence-electron chi connectivity index (χ2n) is 8.04. The van der Waals surface area contributed by atoms with E-state index in [4.69, 9.17) is 9.47 Å². The Labute approximate surface area is 176 Å². The number of aliphatic hydroxyl groups excluding tert-OH is 1. The quantitative estimate of drug-likeness (QED) is 0.257. The van der Waals surface area contributed by atoms with Crippen molar-refractivity contribution in [2.24, 2.45) is 11.8 Å². The Morgan fingerprint density at radius 2 is 1.79 bits per heavy atom. The van der Waals surface area contributed by atoms with Crippen LogP contribution >= 0.6 is 0 Å². The van der Waals surface area contributed by atoms with Crippen molar-refractivity contribution in [3.05, 3.63) is 12.2 Å². The van der Waals surface area contributed by atoms with Crippen molar-refractivity contribution in [2.75, 3.05) is 19.8 Å². The lowest BCUT2D eigenvalue weighted by Gasteiger charge is -2.30. The van der Waals surface area contributed by atoms with Gasteiger partial charge in [-0.3, -0.25) is 9.59 Å². The zero-order valence-corrected chi connectivity index (χ0v) is 18.5. The number of esters is 2. The Balaban J connectivity index is 2.33. The highest BCUT2D eigenvalue weighted by Crippen LogP contribution is 2.31. The zero-order chi connectivity index (χ0) is 21.5. The van der Waals surface area contributed by atoms with Gasteiger partial charge < -0.3 is 19.9 Å². The smallest absolute Gasteiger partial charge is 0.323 e. The summed E-state index contributed by atoms with van der Waals surface area (Å²) >= 11 is 0. The predicted octanol–water partition coefficient (Wildman–Crippen LogP) is 3.76. The van der Waals surface area contributed by atoms with Gasteiger partial charge in [0.2, 0.25) is 0 Å². The van der Waals surface area contributed by atoms with Gasteiger partial charge in [0, 0.05) is 6.42 Å². The van der Waals surface area contributed by atoms with Gasteiger partial charge in [0.05, 0.1) is 19.3 Å². The van der Waals surface area contributed by atoms with Crippen molar-refractivity contribution in [2.45, 2.75) is 90.7 Å². The number of hydrogen-bond donors (Lipinski definition) is 2. The number of carbonyl (C=O) groups is 2. The van der Waals surface area contributed by atoms with E-state index in [0.29, 0.717) is 44.9 Å². The average molecular weight is 412 g/mol. The molecule has 6 nitrogen and oxygen atoms in total. The number of aliphatic hydroxyl groups is 1. The standard InChI is InChI=1S/C23H41NO5/c1-4-28-22(26)11-9-7-6-8-10-20(23(27)29-5-2)24-17-16-21(25)19-14-12-18(3)13-15-19/h6,8,18-21,24-25H,4-5,7,9-17H2,1-3H3. The maximum atomic E-state index is 12.2. The Morgan fingerprint density at radius 3 is 2.45 bits per heavy atom. The van der Waals surface area contributed by atoms with E-state index in [1.54, 1.807) is 13.8 Å². The first-order valence-corrected chi connectivity index (χ1v) is 11.4. The maximum absolute atomic E-state index is 12.2. The molecular weight excluding hydrogens is 370 g/mol. The summed E-state index contributed by atoms with van der Waals surface area (Å²) in [5.74, 6) is 0.727. The second-order valence-corrected chi connectivity index (χ2v) is 8.04. The van der Waals surface area contributed by atoms with Crippen LogP contribution in [0.15, 0.2) is 12.2 Å². The molecule has 0 aromatic heterocycles. The Bertz CT molecular complexity index is 486. The van der Waals surface area contributed by atoms with E-state index in [1.165, 1.54) is 12.8 Å². The number of allylic oxidation sites excluding steroid dienone is 1. The molecule has 1 saturated carbocycles. The molecule has 1 aliphatic rings. The number of nitrogens with one attached hydrogen (secondary N) is 1. The van der Waals surface area contributed by atoms with Crippen LogP contribution in [0.2, 0.25) is 0 Å². The number of carbonyl (C=O) groups excluding carboxylic acids is 2. The van der Waals surface area contributed by atoms with Gasteiger partial charge in [-0.2, -0.15) is 0 Å². The molecule has 6 heteroatoms. The van der Waals surface area contributed by atoms with Gasteiger partial charge in [-0.25, -0.2) is 0 Å². The molecule has 168 valence electrons. The third-order valence-electron chi connectivity index (χ3n) is 5.60. The molecule has 0 amide bonds. The normalized spacial score (nSPS) is 21.7. The first kappa shape index (κ1) is 25.6. The highest BCUT2D eigenvalue weighted by Gasteiger charge is 2.25. The summed E-state index contributed by atoms with van der Waals surface area (Å²) in [7, 11) is 0. The van der Waals surface area contributed by atoms with Crippen LogP contribution in [-0.2, 0) is 19.1 Å². The summed E-state index contributed by atoms with van der Waals surface area (Å²) < 4.78 is 10.1. The summed E-state index contributed by atoms with van der Waals surface area (Å²) in [6.45, 7) is 7.23. The van der Waals surface area contributed by atoms with Gasteiger partial charge in [-0.05, 0) is 70.8 Å². The van der Waals surface area contributed by atoms with E-state index in [-0.39, 0.29) is 18.0 Å². The van der Waals surface area contributed by atoms with Gasteiger partial charge in [0.25, 0.3) is 0 Å². The minimum absolute atomic E-state index is 0.169. The monoisotopic (exact) mass is 411 g/mol. The van der Waals surface area contributed by atoms with Crippen LogP contribution in [0.25, 0.3) is 0 Å². The van der Waals surface area contributed by atoms with E-state index >= 15 is 0 Å². The molecule has 0 bridgehead atoms. The summed E-state index contributed by atoms with van der Waals surface area (Å²) in [4.78, 5) is 23.5. The average Bonchev–Trinajstić information content (AvgIpc) is 2.69. The molecule has 2 unspecified atom stereocenters. The molecule has 0 radical (unpaired) electrons. The Kier molecular flexibility index (Phi) is 13.7. The molecular formula is C23H41NO5. The van der Waals surface area contributed by atoms with Crippen LogP contribution in [0.1, 0.15) is 78.6 Å². The Hall–Kier alpha value is -1.40. The number of ether oxygens (including phenoxy) is 2. The van der Waals surface area contributed by atoms with Crippen LogP contribution in [-0.4, -0.2) is 48.9 Å². The summed E-state index contributed by atoms with van der Waals surface area (Å²) in [6.07, 6.45) is 11.3. The topological polar surface area (TPSA) is 84.9 Å².